The molecule has 0 aliphatic heterocycles. The number of benzene rings is 1. The minimum atomic E-state index is -0.440. The number of aromatic nitrogens is 1. The van der Waals surface area contributed by atoms with Gasteiger partial charge < -0.3 is 5.11 Å². The fourth-order valence-corrected chi connectivity index (χ4v) is 2.28. The van der Waals surface area contributed by atoms with Gasteiger partial charge in [0.05, 0.1) is 21.3 Å². The standard InChI is InChI=1S/C10H11NOS/c1-6(12)8-4-3-5-9-10(8)11-7(2)13-9/h3-6,12H,1-2H3. The molecule has 1 unspecified atom stereocenters. The second-order valence-electron chi connectivity index (χ2n) is 3.10. The third-order valence-electron chi connectivity index (χ3n) is 2.01. The smallest absolute Gasteiger partial charge is 0.0907 e. The van der Waals surface area contributed by atoms with Crippen LogP contribution in [0.25, 0.3) is 10.2 Å². The number of hydrogen-bond acceptors (Lipinski definition) is 3. The SMILES string of the molecule is Cc1nc2c(C(C)O)cccc2s1. The maximum atomic E-state index is 9.50. The largest absolute Gasteiger partial charge is 0.389 e. The number of para-hydroxylation sites is 1. The minimum absolute atomic E-state index is 0.440. The maximum Gasteiger partial charge on any atom is 0.0907 e. The molecule has 0 saturated heterocycles. The van der Waals surface area contributed by atoms with Gasteiger partial charge in [-0.05, 0) is 19.9 Å². The molecule has 0 fully saturated rings. The molecule has 0 spiro atoms. The van der Waals surface area contributed by atoms with E-state index in [-0.39, 0.29) is 0 Å². The topological polar surface area (TPSA) is 33.1 Å². The average molecular weight is 193 g/mol. The first-order valence-electron chi connectivity index (χ1n) is 4.22. The second-order valence-corrected chi connectivity index (χ2v) is 4.34. The number of rotatable bonds is 1. The van der Waals surface area contributed by atoms with Crippen molar-refractivity contribution >= 4 is 21.6 Å². The van der Waals surface area contributed by atoms with E-state index in [1.54, 1.807) is 18.3 Å². The highest BCUT2D eigenvalue weighted by molar-refractivity contribution is 7.18. The first kappa shape index (κ1) is 8.66. The van der Waals surface area contributed by atoms with Crippen molar-refractivity contribution in [2.24, 2.45) is 0 Å². The maximum absolute atomic E-state index is 9.50. The molecule has 0 aliphatic rings. The van der Waals surface area contributed by atoms with Crippen molar-refractivity contribution < 1.29 is 5.11 Å². The van der Waals surface area contributed by atoms with Gasteiger partial charge in [-0.1, -0.05) is 12.1 Å². The Morgan fingerprint density at radius 3 is 2.92 bits per heavy atom. The molecule has 0 aliphatic carbocycles. The molecule has 13 heavy (non-hydrogen) atoms. The number of fused-ring (bicyclic) bond motifs is 1. The van der Waals surface area contributed by atoms with Gasteiger partial charge in [0.1, 0.15) is 0 Å². The van der Waals surface area contributed by atoms with E-state index in [1.165, 1.54) is 0 Å². The first-order valence-corrected chi connectivity index (χ1v) is 5.04. The minimum Gasteiger partial charge on any atom is -0.389 e. The molecule has 0 saturated carbocycles. The number of aliphatic hydroxyl groups is 1. The Hall–Kier alpha value is -0.930. The van der Waals surface area contributed by atoms with E-state index >= 15 is 0 Å². The summed E-state index contributed by atoms with van der Waals surface area (Å²) < 4.78 is 1.15. The zero-order valence-corrected chi connectivity index (χ0v) is 8.43. The zero-order valence-electron chi connectivity index (χ0n) is 7.61. The molecule has 0 bridgehead atoms. The predicted octanol–water partition coefficient (Wildman–Crippen LogP) is 2.66. The monoisotopic (exact) mass is 193 g/mol. The van der Waals surface area contributed by atoms with Crippen LogP contribution in [0.3, 0.4) is 0 Å². The van der Waals surface area contributed by atoms with Gasteiger partial charge in [-0.25, -0.2) is 4.98 Å². The summed E-state index contributed by atoms with van der Waals surface area (Å²) >= 11 is 1.66. The molecule has 0 radical (unpaired) electrons. The summed E-state index contributed by atoms with van der Waals surface area (Å²) in [6, 6.07) is 5.92. The lowest BCUT2D eigenvalue weighted by Gasteiger charge is -2.03. The van der Waals surface area contributed by atoms with Crippen LogP contribution in [0.5, 0.6) is 0 Å². The van der Waals surface area contributed by atoms with Crippen molar-refractivity contribution in [2.75, 3.05) is 0 Å². The van der Waals surface area contributed by atoms with E-state index < -0.39 is 6.10 Å². The molecule has 2 nitrogen and oxygen atoms in total. The second kappa shape index (κ2) is 3.09. The van der Waals surface area contributed by atoms with Crippen LogP contribution in [-0.4, -0.2) is 10.1 Å². The fourth-order valence-electron chi connectivity index (χ4n) is 1.42. The zero-order chi connectivity index (χ0) is 9.42. The molecule has 1 aromatic heterocycles. The van der Waals surface area contributed by atoms with Crippen LogP contribution in [-0.2, 0) is 0 Å². The van der Waals surface area contributed by atoms with Gasteiger partial charge in [0.15, 0.2) is 0 Å². The number of thiazole rings is 1. The summed E-state index contributed by atoms with van der Waals surface area (Å²) in [6.45, 7) is 3.75. The Kier molecular flexibility index (Phi) is 2.06. The Morgan fingerprint density at radius 1 is 1.46 bits per heavy atom. The predicted molar refractivity (Wildman–Crippen MR) is 55.0 cm³/mol. The normalized spacial score (nSPS) is 13.5. The summed E-state index contributed by atoms with van der Waals surface area (Å²) in [5.74, 6) is 0. The van der Waals surface area contributed by atoms with E-state index in [0.29, 0.717) is 0 Å². The van der Waals surface area contributed by atoms with E-state index in [4.69, 9.17) is 0 Å². The Labute approximate surface area is 80.9 Å². The van der Waals surface area contributed by atoms with Gasteiger partial charge in [0.2, 0.25) is 0 Å². The number of hydrogen-bond donors (Lipinski definition) is 1. The van der Waals surface area contributed by atoms with Gasteiger partial charge in [-0.3, -0.25) is 0 Å². The quantitative estimate of drug-likeness (QED) is 0.755. The van der Waals surface area contributed by atoms with Crippen LogP contribution >= 0.6 is 11.3 Å². The number of aliphatic hydroxyl groups excluding tert-OH is 1. The molecular weight excluding hydrogens is 182 g/mol. The van der Waals surface area contributed by atoms with Crippen molar-refractivity contribution in [3.63, 3.8) is 0 Å². The lowest BCUT2D eigenvalue weighted by Crippen LogP contribution is -1.91. The van der Waals surface area contributed by atoms with Crippen LogP contribution in [0.2, 0.25) is 0 Å². The third-order valence-corrected chi connectivity index (χ3v) is 2.94. The Morgan fingerprint density at radius 2 is 2.23 bits per heavy atom. The summed E-state index contributed by atoms with van der Waals surface area (Å²) in [6.07, 6.45) is -0.440. The van der Waals surface area contributed by atoms with Crippen molar-refractivity contribution in [1.29, 1.82) is 0 Å². The summed E-state index contributed by atoms with van der Waals surface area (Å²) in [5, 5.41) is 10.5. The van der Waals surface area contributed by atoms with Crippen molar-refractivity contribution in [3.8, 4) is 0 Å². The summed E-state index contributed by atoms with van der Waals surface area (Å²) in [5.41, 5.74) is 1.86. The Balaban J connectivity index is 2.75. The summed E-state index contributed by atoms with van der Waals surface area (Å²) in [7, 11) is 0. The van der Waals surface area contributed by atoms with E-state index in [2.05, 4.69) is 4.98 Å². The van der Waals surface area contributed by atoms with Crippen LogP contribution in [0.1, 0.15) is 23.6 Å². The van der Waals surface area contributed by atoms with Crippen LogP contribution in [0, 0.1) is 6.92 Å². The van der Waals surface area contributed by atoms with Crippen LogP contribution in [0.15, 0.2) is 18.2 Å². The highest BCUT2D eigenvalue weighted by Crippen LogP contribution is 2.27. The van der Waals surface area contributed by atoms with Crippen molar-refractivity contribution in [3.05, 3.63) is 28.8 Å². The van der Waals surface area contributed by atoms with Crippen LogP contribution < -0.4 is 0 Å². The fraction of sp³-hybridized carbons (Fsp3) is 0.300. The van der Waals surface area contributed by atoms with E-state index in [1.807, 2.05) is 25.1 Å². The Bertz CT molecular complexity index is 433. The molecular formula is C10H11NOS. The van der Waals surface area contributed by atoms with Gasteiger partial charge >= 0.3 is 0 Å². The molecule has 68 valence electrons. The molecule has 1 aromatic carbocycles. The molecule has 2 rings (SSSR count). The number of aryl methyl sites for hydroxylation is 1. The molecule has 1 N–H and O–H groups in total. The highest BCUT2D eigenvalue weighted by atomic mass is 32.1. The lowest BCUT2D eigenvalue weighted by atomic mass is 10.1. The van der Waals surface area contributed by atoms with Gasteiger partial charge in [-0.2, -0.15) is 0 Å². The lowest BCUT2D eigenvalue weighted by molar-refractivity contribution is 0.200. The van der Waals surface area contributed by atoms with Crippen molar-refractivity contribution in [1.82, 2.24) is 4.98 Å². The van der Waals surface area contributed by atoms with Crippen molar-refractivity contribution in [2.45, 2.75) is 20.0 Å². The van der Waals surface area contributed by atoms with Gasteiger partial charge in [-0.15, -0.1) is 11.3 Å². The van der Waals surface area contributed by atoms with E-state index in [0.717, 1.165) is 20.8 Å². The number of nitrogens with zero attached hydrogens (tertiary/aromatic N) is 1. The molecule has 2 aromatic rings. The van der Waals surface area contributed by atoms with E-state index in [9.17, 15) is 5.11 Å². The summed E-state index contributed by atoms with van der Waals surface area (Å²) in [4.78, 5) is 4.39. The molecule has 3 heteroatoms. The highest BCUT2D eigenvalue weighted by Gasteiger charge is 2.08. The first-order chi connectivity index (χ1) is 6.18. The molecule has 1 heterocycles. The average Bonchev–Trinajstić information content (AvgIpc) is 2.43. The van der Waals surface area contributed by atoms with Gasteiger partial charge in [0, 0.05) is 5.56 Å². The molecule has 0 amide bonds. The van der Waals surface area contributed by atoms with Crippen LogP contribution in [0.4, 0.5) is 0 Å². The van der Waals surface area contributed by atoms with Gasteiger partial charge in [0.25, 0.3) is 0 Å². The molecule has 1 atom stereocenters. The third kappa shape index (κ3) is 1.45.